The van der Waals surface area contributed by atoms with Crippen LogP contribution in [0.15, 0.2) is 66.7 Å². The Kier molecular flexibility index (Phi) is 4.87. The minimum atomic E-state index is 0.556. The van der Waals surface area contributed by atoms with Crippen molar-refractivity contribution in [3.63, 3.8) is 0 Å². The van der Waals surface area contributed by atoms with Crippen LogP contribution in [-0.4, -0.2) is 16.2 Å². The van der Waals surface area contributed by atoms with Crippen LogP contribution in [0.3, 0.4) is 0 Å². The molecular formula is C23H21ClN2O. The summed E-state index contributed by atoms with van der Waals surface area (Å²) in [5, 5.41) is 0.800. The third kappa shape index (κ3) is 3.56. The van der Waals surface area contributed by atoms with Gasteiger partial charge in [-0.15, -0.1) is 0 Å². The zero-order valence-corrected chi connectivity index (χ0v) is 16.2. The second-order valence-electron chi connectivity index (χ2n) is 6.66. The molecule has 0 aliphatic carbocycles. The molecule has 27 heavy (non-hydrogen) atoms. The second-order valence-corrected chi connectivity index (χ2v) is 7.04. The van der Waals surface area contributed by atoms with E-state index in [0.29, 0.717) is 13.2 Å². The van der Waals surface area contributed by atoms with Crippen molar-refractivity contribution < 1.29 is 4.74 Å². The van der Waals surface area contributed by atoms with Crippen LogP contribution in [-0.2, 0) is 6.54 Å². The Labute approximate surface area is 164 Å². The van der Waals surface area contributed by atoms with Crippen LogP contribution < -0.4 is 4.74 Å². The van der Waals surface area contributed by atoms with Gasteiger partial charge in [0.2, 0.25) is 0 Å². The lowest BCUT2D eigenvalue weighted by Crippen LogP contribution is -2.09. The van der Waals surface area contributed by atoms with Crippen molar-refractivity contribution in [3.05, 3.63) is 82.9 Å². The summed E-state index contributed by atoms with van der Waals surface area (Å²) in [5.41, 5.74) is 5.28. The Hall–Kier alpha value is -2.78. The van der Waals surface area contributed by atoms with Crippen molar-refractivity contribution in [1.82, 2.24) is 9.55 Å². The molecule has 3 aromatic carbocycles. The van der Waals surface area contributed by atoms with Gasteiger partial charge in [-0.1, -0.05) is 54.1 Å². The topological polar surface area (TPSA) is 27.1 Å². The molecule has 0 aliphatic heterocycles. The van der Waals surface area contributed by atoms with Crippen molar-refractivity contribution in [3.8, 4) is 17.1 Å². The van der Waals surface area contributed by atoms with Crippen LogP contribution in [0.1, 0.15) is 11.1 Å². The first kappa shape index (κ1) is 17.6. The molecule has 0 N–H and O–H groups in total. The van der Waals surface area contributed by atoms with Gasteiger partial charge in [-0.05, 0) is 49.2 Å². The lowest BCUT2D eigenvalue weighted by Gasteiger charge is -2.12. The minimum Gasteiger partial charge on any atom is -0.492 e. The summed E-state index contributed by atoms with van der Waals surface area (Å²) in [7, 11) is 0. The molecule has 0 amide bonds. The standard InChI is InChI=1S/C23H21ClN2O/c1-16-14-19(15-17(2)22(16)24)27-13-12-26-21-11-7-6-10-20(21)25-23(26)18-8-4-3-5-9-18/h3-11,14-15H,12-13H2,1-2H3. The zero-order chi connectivity index (χ0) is 18.8. The Bertz CT molecular complexity index is 1060. The van der Waals surface area contributed by atoms with Gasteiger partial charge in [-0.3, -0.25) is 0 Å². The van der Waals surface area contributed by atoms with E-state index in [2.05, 4.69) is 22.8 Å². The summed E-state index contributed by atoms with van der Waals surface area (Å²) < 4.78 is 8.25. The van der Waals surface area contributed by atoms with Crippen LogP contribution in [0.2, 0.25) is 5.02 Å². The van der Waals surface area contributed by atoms with E-state index < -0.39 is 0 Å². The first-order valence-electron chi connectivity index (χ1n) is 9.04. The Morgan fingerprint density at radius 3 is 2.33 bits per heavy atom. The van der Waals surface area contributed by atoms with Crippen LogP contribution in [0, 0.1) is 13.8 Å². The molecule has 0 saturated heterocycles. The number of aryl methyl sites for hydroxylation is 2. The number of rotatable bonds is 5. The van der Waals surface area contributed by atoms with Gasteiger partial charge in [0.05, 0.1) is 17.6 Å². The van der Waals surface area contributed by atoms with Crippen molar-refractivity contribution in [2.24, 2.45) is 0 Å². The van der Waals surface area contributed by atoms with E-state index in [1.54, 1.807) is 0 Å². The molecule has 0 spiro atoms. The third-order valence-corrected chi connectivity index (χ3v) is 5.28. The highest BCUT2D eigenvalue weighted by atomic mass is 35.5. The normalized spacial score (nSPS) is 11.1. The highest BCUT2D eigenvalue weighted by Gasteiger charge is 2.12. The SMILES string of the molecule is Cc1cc(OCCn2c(-c3ccccc3)nc3ccccc32)cc(C)c1Cl. The summed E-state index contributed by atoms with van der Waals surface area (Å²) in [4.78, 5) is 4.84. The Balaban J connectivity index is 1.62. The Morgan fingerprint density at radius 2 is 1.59 bits per heavy atom. The number of aromatic nitrogens is 2. The van der Waals surface area contributed by atoms with E-state index in [1.807, 2.05) is 62.4 Å². The fourth-order valence-corrected chi connectivity index (χ4v) is 3.46. The lowest BCUT2D eigenvalue weighted by atomic mass is 10.1. The monoisotopic (exact) mass is 376 g/mol. The largest absolute Gasteiger partial charge is 0.492 e. The van der Waals surface area contributed by atoms with Crippen molar-refractivity contribution >= 4 is 22.6 Å². The highest BCUT2D eigenvalue weighted by molar-refractivity contribution is 6.32. The minimum absolute atomic E-state index is 0.556. The molecular weight excluding hydrogens is 356 g/mol. The van der Waals surface area contributed by atoms with E-state index in [4.69, 9.17) is 21.3 Å². The number of fused-ring (bicyclic) bond motifs is 1. The molecule has 4 rings (SSSR count). The molecule has 0 saturated carbocycles. The highest BCUT2D eigenvalue weighted by Crippen LogP contribution is 2.27. The van der Waals surface area contributed by atoms with Crippen LogP contribution in [0.5, 0.6) is 5.75 Å². The summed E-state index contributed by atoms with van der Waals surface area (Å²) in [6.07, 6.45) is 0. The van der Waals surface area contributed by atoms with Gasteiger partial charge in [-0.25, -0.2) is 4.98 Å². The van der Waals surface area contributed by atoms with Crippen LogP contribution in [0.4, 0.5) is 0 Å². The summed E-state index contributed by atoms with van der Waals surface area (Å²) in [6.45, 7) is 5.27. The van der Waals surface area contributed by atoms with Crippen LogP contribution >= 0.6 is 11.6 Å². The first-order valence-corrected chi connectivity index (χ1v) is 9.41. The molecule has 1 heterocycles. The number of hydrogen-bond acceptors (Lipinski definition) is 2. The maximum Gasteiger partial charge on any atom is 0.141 e. The maximum atomic E-state index is 6.25. The number of halogens is 1. The number of ether oxygens (including phenoxy) is 1. The molecule has 3 nitrogen and oxygen atoms in total. The number of nitrogens with zero attached hydrogens (tertiary/aromatic N) is 2. The average Bonchev–Trinajstić information content (AvgIpc) is 3.05. The summed E-state index contributed by atoms with van der Waals surface area (Å²) >= 11 is 6.25. The van der Waals surface area contributed by atoms with Crippen LogP contribution in [0.25, 0.3) is 22.4 Å². The predicted molar refractivity (Wildman–Crippen MR) is 112 cm³/mol. The number of hydrogen-bond donors (Lipinski definition) is 0. The molecule has 0 radical (unpaired) electrons. The quantitative estimate of drug-likeness (QED) is 0.423. The first-order chi connectivity index (χ1) is 13.1. The number of imidazole rings is 1. The maximum absolute atomic E-state index is 6.25. The zero-order valence-electron chi connectivity index (χ0n) is 15.4. The molecule has 0 fully saturated rings. The fraction of sp³-hybridized carbons (Fsp3) is 0.174. The number of benzene rings is 3. The lowest BCUT2D eigenvalue weighted by molar-refractivity contribution is 0.300. The van der Waals surface area contributed by atoms with Gasteiger partial charge in [0.15, 0.2) is 0 Å². The van der Waals surface area contributed by atoms with Gasteiger partial charge in [-0.2, -0.15) is 0 Å². The third-order valence-electron chi connectivity index (χ3n) is 4.68. The molecule has 0 atom stereocenters. The molecule has 0 aliphatic rings. The second kappa shape index (κ2) is 7.45. The summed E-state index contributed by atoms with van der Waals surface area (Å²) in [6, 6.07) is 22.4. The average molecular weight is 377 g/mol. The smallest absolute Gasteiger partial charge is 0.141 e. The Morgan fingerprint density at radius 1 is 0.926 bits per heavy atom. The predicted octanol–water partition coefficient (Wildman–Crippen LogP) is 6.05. The summed E-state index contributed by atoms with van der Waals surface area (Å²) in [5.74, 6) is 1.81. The van der Waals surface area contributed by atoms with E-state index >= 15 is 0 Å². The molecule has 0 unspecified atom stereocenters. The van der Waals surface area contributed by atoms with Gasteiger partial charge < -0.3 is 9.30 Å². The molecule has 4 heteroatoms. The van der Waals surface area contributed by atoms with E-state index in [9.17, 15) is 0 Å². The van der Waals surface area contributed by atoms with Gasteiger partial charge >= 0.3 is 0 Å². The van der Waals surface area contributed by atoms with E-state index in [0.717, 1.165) is 44.3 Å². The van der Waals surface area contributed by atoms with Crippen molar-refractivity contribution in [1.29, 1.82) is 0 Å². The van der Waals surface area contributed by atoms with E-state index in [-0.39, 0.29) is 0 Å². The van der Waals surface area contributed by atoms with Gasteiger partial charge in [0.1, 0.15) is 18.2 Å². The van der Waals surface area contributed by atoms with Crippen molar-refractivity contribution in [2.75, 3.05) is 6.61 Å². The van der Waals surface area contributed by atoms with Gasteiger partial charge in [0.25, 0.3) is 0 Å². The van der Waals surface area contributed by atoms with E-state index in [1.165, 1.54) is 0 Å². The fourth-order valence-electron chi connectivity index (χ4n) is 3.35. The molecule has 0 bridgehead atoms. The van der Waals surface area contributed by atoms with Gasteiger partial charge in [0, 0.05) is 10.6 Å². The molecule has 1 aromatic heterocycles. The molecule has 136 valence electrons. The van der Waals surface area contributed by atoms with Crippen molar-refractivity contribution in [2.45, 2.75) is 20.4 Å². The molecule has 4 aromatic rings. The number of para-hydroxylation sites is 2.